The molecule has 1 fully saturated rings. The Kier molecular flexibility index (Phi) is 9.67. The number of anilines is 2. The molecule has 0 spiro atoms. The van der Waals surface area contributed by atoms with Crippen molar-refractivity contribution in [3.63, 3.8) is 0 Å². The molecule has 4 N–H and O–H groups in total. The molecule has 0 aliphatic carbocycles. The van der Waals surface area contributed by atoms with E-state index in [0.29, 0.717) is 38.4 Å². The van der Waals surface area contributed by atoms with Crippen molar-refractivity contribution >= 4 is 46.5 Å². The van der Waals surface area contributed by atoms with Crippen molar-refractivity contribution in [1.29, 1.82) is 0 Å². The molecule has 0 saturated carbocycles. The third-order valence-electron chi connectivity index (χ3n) is 6.38. The van der Waals surface area contributed by atoms with Gasteiger partial charge < -0.3 is 30.9 Å². The zero-order valence-electron chi connectivity index (χ0n) is 21.4. The van der Waals surface area contributed by atoms with E-state index in [2.05, 4.69) is 17.2 Å². The minimum atomic E-state index is -2.73. The summed E-state index contributed by atoms with van der Waals surface area (Å²) in [6, 6.07) is 6.33. The molecule has 1 aliphatic heterocycles. The third-order valence-corrected chi connectivity index (χ3v) is 7.13. The molecule has 8 nitrogen and oxygen atoms in total. The summed E-state index contributed by atoms with van der Waals surface area (Å²) in [5.41, 5.74) is 7.57. The lowest BCUT2D eigenvalue weighted by atomic mass is 10.1. The van der Waals surface area contributed by atoms with Crippen LogP contribution in [0.25, 0.3) is 0 Å². The van der Waals surface area contributed by atoms with Crippen LogP contribution >= 0.6 is 23.2 Å². The average Bonchev–Trinajstić information content (AvgIpc) is 3.30. The number of aryl methyl sites for hydroxylation is 1. The number of halogens is 4. The number of hydrogen-bond donors (Lipinski definition) is 3. The molecular formula is C26H31Cl2F2N5O3. The second-order valence-electron chi connectivity index (χ2n) is 9.07. The largest absolute Gasteiger partial charge is 0.487 e. The van der Waals surface area contributed by atoms with Gasteiger partial charge in [-0.05, 0) is 49.9 Å². The summed E-state index contributed by atoms with van der Waals surface area (Å²) in [5.74, 6) is -0.528. The first-order valence-electron chi connectivity index (χ1n) is 12.0. The SMILES string of the molecule is C=C(Nc1c(Cl)ccc(CNC(=O)N2CCCC2C)c1Cl)N(C)c1cc(OCC(F)F)c(C(N)=O)cc1C. The maximum absolute atomic E-state index is 12.7. The lowest BCUT2D eigenvalue weighted by Gasteiger charge is -2.27. The summed E-state index contributed by atoms with van der Waals surface area (Å²) < 4.78 is 30.6. The molecule has 1 heterocycles. The summed E-state index contributed by atoms with van der Waals surface area (Å²) in [4.78, 5) is 27.8. The van der Waals surface area contributed by atoms with E-state index in [9.17, 15) is 18.4 Å². The topological polar surface area (TPSA) is 99.9 Å². The van der Waals surface area contributed by atoms with Crippen molar-refractivity contribution < 1.29 is 23.1 Å². The standard InChI is InChI=1S/C26H31Cl2F2N5O3/c1-14-10-18(25(31)36)21(38-13-22(29)30)11-20(14)34(4)16(3)33-24-19(27)8-7-17(23(24)28)12-32-26(37)35-9-5-6-15(35)2/h7-8,10-11,15,22,33H,3,5-6,9,12-13H2,1-2,4H3,(H2,31,36)(H,32,37). The van der Waals surface area contributed by atoms with Crippen LogP contribution in [0, 0.1) is 6.92 Å². The Hall–Kier alpha value is -3.24. The van der Waals surface area contributed by atoms with Crippen LogP contribution in [-0.2, 0) is 6.54 Å². The van der Waals surface area contributed by atoms with Crippen LogP contribution in [0.15, 0.2) is 36.7 Å². The van der Waals surface area contributed by atoms with Crippen molar-refractivity contribution in [2.24, 2.45) is 5.73 Å². The Bertz CT molecular complexity index is 1230. The molecule has 1 unspecified atom stereocenters. The molecule has 1 aliphatic rings. The van der Waals surface area contributed by atoms with Gasteiger partial charge in [-0.3, -0.25) is 4.79 Å². The Morgan fingerprint density at radius 2 is 2.03 bits per heavy atom. The van der Waals surface area contributed by atoms with Crippen LogP contribution in [0.4, 0.5) is 25.0 Å². The lowest BCUT2D eigenvalue weighted by molar-refractivity contribution is 0.0801. The molecule has 2 aromatic carbocycles. The van der Waals surface area contributed by atoms with Gasteiger partial charge in [0.15, 0.2) is 0 Å². The van der Waals surface area contributed by atoms with Gasteiger partial charge in [0.05, 0.1) is 21.3 Å². The van der Waals surface area contributed by atoms with Crippen molar-refractivity contribution in [2.75, 3.05) is 30.4 Å². The second kappa shape index (κ2) is 12.5. The Morgan fingerprint density at radius 3 is 2.63 bits per heavy atom. The van der Waals surface area contributed by atoms with Gasteiger partial charge in [-0.25, -0.2) is 13.6 Å². The Labute approximate surface area is 230 Å². The fraction of sp³-hybridized carbons (Fsp3) is 0.385. The zero-order chi connectivity index (χ0) is 28.1. The van der Waals surface area contributed by atoms with E-state index >= 15 is 0 Å². The number of ether oxygens (including phenoxy) is 1. The molecule has 0 bridgehead atoms. The lowest BCUT2D eigenvalue weighted by Crippen LogP contribution is -2.41. The number of carbonyl (C=O) groups is 2. The first-order chi connectivity index (χ1) is 17.9. The highest BCUT2D eigenvalue weighted by Gasteiger charge is 2.25. The maximum atomic E-state index is 12.7. The van der Waals surface area contributed by atoms with E-state index in [1.165, 1.54) is 12.1 Å². The number of rotatable bonds is 10. The van der Waals surface area contributed by atoms with Gasteiger partial charge in [-0.2, -0.15) is 0 Å². The second-order valence-corrected chi connectivity index (χ2v) is 9.86. The van der Waals surface area contributed by atoms with E-state index < -0.39 is 18.9 Å². The van der Waals surface area contributed by atoms with Crippen LogP contribution in [0.2, 0.25) is 10.0 Å². The van der Waals surface area contributed by atoms with E-state index in [1.54, 1.807) is 35.9 Å². The third kappa shape index (κ3) is 6.79. The zero-order valence-corrected chi connectivity index (χ0v) is 22.9. The number of hydrogen-bond acceptors (Lipinski definition) is 5. The van der Waals surface area contributed by atoms with E-state index in [-0.39, 0.29) is 29.9 Å². The highest BCUT2D eigenvalue weighted by molar-refractivity contribution is 6.39. The predicted molar refractivity (Wildman–Crippen MR) is 146 cm³/mol. The minimum Gasteiger partial charge on any atom is -0.487 e. The molecular weight excluding hydrogens is 539 g/mol. The smallest absolute Gasteiger partial charge is 0.317 e. The summed E-state index contributed by atoms with van der Waals surface area (Å²) >= 11 is 13.1. The number of nitrogens with two attached hydrogens (primary N) is 1. The van der Waals surface area contributed by atoms with Gasteiger partial charge in [0.1, 0.15) is 18.2 Å². The number of carbonyl (C=O) groups excluding carboxylic acids is 2. The fourth-order valence-corrected chi connectivity index (χ4v) is 4.76. The molecule has 38 heavy (non-hydrogen) atoms. The van der Waals surface area contributed by atoms with E-state index in [4.69, 9.17) is 33.7 Å². The summed E-state index contributed by atoms with van der Waals surface area (Å²) in [7, 11) is 1.68. The van der Waals surface area contributed by atoms with Gasteiger partial charge in [0.2, 0.25) is 0 Å². The summed E-state index contributed by atoms with van der Waals surface area (Å²) in [6.45, 7) is 7.82. The predicted octanol–water partition coefficient (Wildman–Crippen LogP) is 5.76. The quantitative estimate of drug-likeness (QED) is 0.338. The van der Waals surface area contributed by atoms with Gasteiger partial charge in [0, 0.05) is 37.9 Å². The number of primary amides is 1. The average molecular weight is 570 g/mol. The first kappa shape index (κ1) is 29.3. The number of nitrogens with one attached hydrogen (secondary N) is 2. The van der Waals surface area contributed by atoms with Gasteiger partial charge in [-0.1, -0.05) is 35.8 Å². The number of benzene rings is 2. The highest BCUT2D eigenvalue weighted by Crippen LogP contribution is 2.36. The monoisotopic (exact) mass is 569 g/mol. The number of amides is 3. The molecule has 2 aromatic rings. The van der Waals surface area contributed by atoms with Crippen LogP contribution in [0.5, 0.6) is 5.75 Å². The number of urea groups is 1. The van der Waals surface area contributed by atoms with Gasteiger partial charge in [0.25, 0.3) is 12.3 Å². The van der Waals surface area contributed by atoms with Crippen LogP contribution in [0.3, 0.4) is 0 Å². The molecule has 206 valence electrons. The van der Waals surface area contributed by atoms with E-state index in [1.807, 2.05) is 6.92 Å². The van der Waals surface area contributed by atoms with Gasteiger partial charge >= 0.3 is 6.03 Å². The number of nitrogens with zero attached hydrogens (tertiary/aromatic N) is 2. The molecule has 3 rings (SSSR count). The van der Waals surface area contributed by atoms with Crippen molar-refractivity contribution in [1.82, 2.24) is 10.2 Å². The molecule has 1 atom stereocenters. The first-order valence-corrected chi connectivity index (χ1v) is 12.7. The maximum Gasteiger partial charge on any atom is 0.317 e. The van der Waals surface area contributed by atoms with Crippen LogP contribution in [0.1, 0.15) is 41.3 Å². The number of alkyl halides is 2. The molecule has 0 radical (unpaired) electrons. The van der Waals surface area contributed by atoms with Crippen molar-refractivity contribution in [3.8, 4) is 5.75 Å². The van der Waals surface area contributed by atoms with Crippen molar-refractivity contribution in [2.45, 2.75) is 45.7 Å². The van der Waals surface area contributed by atoms with Gasteiger partial charge in [-0.15, -0.1) is 0 Å². The molecule has 1 saturated heterocycles. The normalized spacial score (nSPS) is 14.9. The molecule has 3 amide bonds. The minimum absolute atomic E-state index is 0.0111. The van der Waals surface area contributed by atoms with Crippen molar-refractivity contribution in [3.05, 3.63) is 63.4 Å². The molecule has 0 aromatic heterocycles. The van der Waals surface area contributed by atoms with Crippen LogP contribution in [-0.4, -0.2) is 49.5 Å². The highest BCUT2D eigenvalue weighted by atomic mass is 35.5. The van der Waals surface area contributed by atoms with Crippen LogP contribution < -0.4 is 26.0 Å². The fourth-order valence-electron chi connectivity index (χ4n) is 4.23. The summed E-state index contributed by atoms with van der Waals surface area (Å²) in [5, 5.41) is 6.63. The Balaban J connectivity index is 1.79. The Morgan fingerprint density at radius 1 is 1.32 bits per heavy atom. The number of likely N-dealkylation sites (tertiary alicyclic amines) is 1. The van der Waals surface area contributed by atoms with E-state index in [0.717, 1.165) is 19.4 Å². The molecule has 12 heteroatoms. The summed E-state index contributed by atoms with van der Waals surface area (Å²) in [6.07, 6.45) is -0.775.